The summed E-state index contributed by atoms with van der Waals surface area (Å²) in [5.41, 5.74) is 0.328. The van der Waals surface area contributed by atoms with Crippen molar-refractivity contribution in [3.05, 3.63) is 23.8 Å². The van der Waals surface area contributed by atoms with E-state index >= 15 is 0 Å². The number of amides is 1. The highest BCUT2D eigenvalue weighted by molar-refractivity contribution is 5.97. The summed E-state index contributed by atoms with van der Waals surface area (Å²) in [6.07, 6.45) is 3.27. The zero-order valence-electron chi connectivity index (χ0n) is 11.6. The number of likely N-dealkylation sites (tertiary alicyclic amines) is 1. The number of methoxy groups -OCH3 is 1. The standard InChI is InChI=1S/C15H21NO3/c1-3-11-6-8-16(9-7-11)15(18)13-10-12(19-2)4-5-14(13)17/h4-5,10-11,17H,3,6-9H2,1-2H3. The Labute approximate surface area is 114 Å². The molecule has 104 valence electrons. The molecule has 1 N–H and O–H groups in total. The number of carbonyl (C=O) groups is 1. The van der Waals surface area contributed by atoms with Crippen LogP contribution in [0.25, 0.3) is 0 Å². The molecule has 4 nitrogen and oxygen atoms in total. The van der Waals surface area contributed by atoms with E-state index in [1.54, 1.807) is 19.2 Å². The molecule has 19 heavy (non-hydrogen) atoms. The van der Waals surface area contributed by atoms with Gasteiger partial charge in [0.05, 0.1) is 12.7 Å². The predicted octanol–water partition coefficient (Wildman–Crippen LogP) is 2.66. The summed E-state index contributed by atoms with van der Waals surface area (Å²) >= 11 is 0. The molecule has 1 aliphatic rings. The van der Waals surface area contributed by atoms with Crippen molar-refractivity contribution in [1.29, 1.82) is 0 Å². The summed E-state index contributed by atoms with van der Waals surface area (Å²) in [4.78, 5) is 14.2. The van der Waals surface area contributed by atoms with Crippen molar-refractivity contribution in [2.75, 3.05) is 20.2 Å². The predicted molar refractivity (Wildman–Crippen MR) is 73.6 cm³/mol. The number of ether oxygens (including phenoxy) is 1. The second-order valence-corrected chi connectivity index (χ2v) is 5.03. The zero-order valence-corrected chi connectivity index (χ0v) is 11.6. The highest BCUT2D eigenvalue weighted by atomic mass is 16.5. The average molecular weight is 263 g/mol. The Bertz CT molecular complexity index is 451. The van der Waals surface area contributed by atoms with Gasteiger partial charge in [-0.05, 0) is 37.0 Å². The number of phenolic OH excluding ortho intramolecular Hbond substituents is 1. The first-order valence-electron chi connectivity index (χ1n) is 6.82. The fourth-order valence-corrected chi connectivity index (χ4v) is 2.53. The second-order valence-electron chi connectivity index (χ2n) is 5.03. The number of nitrogens with zero attached hydrogens (tertiary/aromatic N) is 1. The first-order valence-corrected chi connectivity index (χ1v) is 6.82. The molecule has 1 fully saturated rings. The molecule has 2 rings (SSSR count). The van der Waals surface area contributed by atoms with Crippen LogP contribution >= 0.6 is 0 Å². The Morgan fingerprint density at radius 3 is 2.68 bits per heavy atom. The maximum absolute atomic E-state index is 12.4. The number of aromatic hydroxyl groups is 1. The van der Waals surface area contributed by atoms with E-state index in [1.165, 1.54) is 12.5 Å². The monoisotopic (exact) mass is 263 g/mol. The first-order chi connectivity index (χ1) is 9.15. The topological polar surface area (TPSA) is 49.8 Å². The van der Waals surface area contributed by atoms with Gasteiger partial charge in [-0.3, -0.25) is 4.79 Å². The largest absolute Gasteiger partial charge is 0.507 e. The van der Waals surface area contributed by atoms with Crippen molar-refractivity contribution in [1.82, 2.24) is 4.90 Å². The van der Waals surface area contributed by atoms with E-state index < -0.39 is 0 Å². The Kier molecular flexibility index (Phi) is 4.30. The van der Waals surface area contributed by atoms with E-state index in [2.05, 4.69) is 6.92 Å². The molecule has 1 saturated heterocycles. The van der Waals surface area contributed by atoms with Crippen LogP contribution < -0.4 is 4.74 Å². The van der Waals surface area contributed by atoms with Gasteiger partial charge in [0.25, 0.3) is 5.91 Å². The molecule has 1 aromatic rings. The quantitative estimate of drug-likeness (QED) is 0.912. The summed E-state index contributed by atoms with van der Waals surface area (Å²) in [5, 5.41) is 9.83. The second kappa shape index (κ2) is 5.95. The Balaban J connectivity index is 2.11. The number of phenols is 1. The number of hydrogen-bond donors (Lipinski definition) is 1. The maximum Gasteiger partial charge on any atom is 0.257 e. The molecular weight excluding hydrogens is 242 g/mol. The molecule has 0 saturated carbocycles. The van der Waals surface area contributed by atoms with Crippen molar-refractivity contribution >= 4 is 5.91 Å². The number of piperidine rings is 1. The minimum atomic E-state index is -0.106. The molecule has 0 aliphatic carbocycles. The third-order valence-electron chi connectivity index (χ3n) is 3.91. The van der Waals surface area contributed by atoms with Crippen molar-refractivity contribution in [3.8, 4) is 11.5 Å². The van der Waals surface area contributed by atoms with Crippen molar-refractivity contribution in [3.63, 3.8) is 0 Å². The summed E-state index contributed by atoms with van der Waals surface area (Å²) in [6, 6.07) is 4.75. The van der Waals surface area contributed by atoms with Crippen LogP contribution in [0.3, 0.4) is 0 Å². The van der Waals surface area contributed by atoms with Gasteiger partial charge in [-0.25, -0.2) is 0 Å². The number of hydrogen-bond acceptors (Lipinski definition) is 3. The van der Waals surface area contributed by atoms with Crippen LogP contribution in [0.1, 0.15) is 36.5 Å². The third-order valence-corrected chi connectivity index (χ3v) is 3.91. The summed E-state index contributed by atoms with van der Waals surface area (Å²) in [7, 11) is 1.55. The van der Waals surface area contributed by atoms with Crippen molar-refractivity contribution in [2.45, 2.75) is 26.2 Å². The van der Waals surface area contributed by atoms with Crippen LogP contribution in [0.2, 0.25) is 0 Å². The van der Waals surface area contributed by atoms with Crippen molar-refractivity contribution in [2.24, 2.45) is 5.92 Å². The van der Waals surface area contributed by atoms with E-state index in [-0.39, 0.29) is 11.7 Å². The molecule has 0 unspecified atom stereocenters. The Morgan fingerprint density at radius 2 is 2.11 bits per heavy atom. The number of rotatable bonds is 3. The number of carbonyl (C=O) groups excluding carboxylic acids is 1. The molecule has 1 amide bonds. The minimum Gasteiger partial charge on any atom is -0.507 e. The van der Waals surface area contributed by atoms with Gasteiger partial charge in [-0.15, -0.1) is 0 Å². The molecule has 0 radical (unpaired) electrons. The van der Waals surface area contributed by atoms with E-state index in [0.717, 1.165) is 31.8 Å². The van der Waals surface area contributed by atoms with Crippen LogP contribution in [-0.2, 0) is 0 Å². The van der Waals surface area contributed by atoms with Gasteiger partial charge in [0.15, 0.2) is 0 Å². The Hall–Kier alpha value is -1.71. The molecule has 0 spiro atoms. The molecule has 4 heteroatoms. The molecule has 0 aromatic heterocycles. The minimum absolute atomic E-state index is 0.0171. The molecule has 1 heterocycles. The van der Waals surface area contributed by atoms with E-state index in [0.29, 0.717) is 11.3 Å². The van der Waals surface area contributed by atoms with Gasteiger partial charge in [-0.2, -0.15) is 0 Å². The zero-order chi connectivity index (χ0) is 13.8. The van der Waals surface area contributed by atoms with E-state index in [9.17, 15) is 9.90 Å². The summed E-state index contributed by atoms with van der Waals surface area (Å²) in [5.74, 6) is 1.22. The third kappa shape index (κ3) is 3.00. The summed E-state index contributed by atoms with van der Waals surface area (Å²) < 4.78 is 5.10. The van der Waals surface area contributed by atoms with Gasteiger partial charge >= 0.3 is 0 Å². The van der Waals surface area contributed by atoms with Crippen LogP contribution in [0, 0.1) is 5.92 Å². The SMILES string of the molecule is CCC1CCN(C(=O)c2cc(OC)ccc2O)CC1. The molecule has 0 atom stereocenters. The molecule has 0 bridgehead atoms. The van der Waals surface area contributed by atoms with Gasteiger partial charge in [0.1, 0.15) is 11.5 Å². The maximum atomic E-state index is 12.4. The number of benzene rings is 1. The van der Waals surface area contributed by atoms with Crippen LogP contribution in [0.4, 0.5) is 0 Å². The lowest BCUT2D eigenvalue weighted by Gasteiger charge is -2.31. The van der Waals surface area contributed by atoms with E-state index in [1.807, 2.05) is 4.90 Å². The lowest BCUT2D eigenvalue weighted by Crippen LogP contribution is -2.38. The summed E-state index contributed by atoms with van der Waals surface area (Å²) in [6.45, 7) is 3.73. The highest BCUT2D eigenvalue weighted by Gasteiger charge is 2.24. The van der Waals surface area contributed by atoms with Gasteiger partial charge < -0.3 is 14.7 Å². The van der Waals surface area contributed by atoms with Gasteiger partial charge in [-0.1, -0.05) is 13.3 Å². The fourth-order valence-electron chi connectivity index (χ4n) is 2.53. The average Bonchev–Trinajstić information content (AvgIpc) is 2.47. The normalized spacial score (nSPS) is 16.4. The van der Waals surface area contributed by atoms with E-state index in [4.69, 9.17) is 4.74 Å². The molecule has 1 aromatic carbocycles. The Morgan fingerprint density at radius 1 is 1.42 bits per heavy atom. The smallest absolute Gasteiger partial charge is 0.257 e. The highest BCUT2D eigenvalue weighted by Crippen LogP contribution is 2.27. The first kappa shape index (κ1) is 13.7. The van der Waals surface area contributed by atoms with Crippen molar-refractivity contribution < 1.29 is 14.6 Å². The molecule has 1 aliphatic heterocycles. The molecular formula is C15H21NO3. The van der Waals surface area contributed by atoms with Crippen LogP contribution in [0.5, 0.6) is 11.5 Å². The lowest BCUT2D eigenvalue weighted by molar-refractivity contribution is 0.0685. The van der Waals surface area contributed by atoms with Gasteiger partial charge in [0, 0.05) is 13.1 Å². The van der Waals surface area contributed by atoms with Gasteiger partial charge in [0.2, 0.25) is 0 Å². The van der Waals surface area contributed by atoms with Crippen LogP contribution in [0.15, 0.2) is 18.2 Å². The van der Waals surface area contributed by atoms with Crippen LogP contribution in [-0.4, -0.2) is 36.1 Å². The fraction of sp³-hybridized carbons (Fsp3) is 0.533. The lowest BCUT2D eigenvalue weighted by atomic mass is 9.94.